The maximum atomic E-state index is 12.5. The van der Waals surface area contributed by atoms with Crippen molar-refractivity contribution in [3.8, 4) is 5.75 Å². The van der Waals surface area contributed by atoms with Crippen LogP contribution in [0.25, 0.3) is 0 Å². The van der Waals surface area contributed by atoms with Crippen LogP contribution < -0.4 is 10.1 Å². The Bertz CT molecular complexity index is 988. The number of carbonyl (C=O) groups is 2. The molecule has 1 N–H and O–H groups in total. The van der Waals surface area contributed by atoms with E-state index in [0.29, 0.717) is 11.3 Å². The average molecular weight is 414 g/mol. The lowest BCUT2D eigenvalue weighted by Crippen LogP contribution is -2.33. The molecule has 0 radical (unpaired) electrons. The molecule has 8 heteroatoms. The van der Waals surface area contributed by atoms with Crippen molar-refractivity contribution in [3.63, 3.8) is 0 Å². The average Bonchev–Trinajstić information content (AvgIpc) is 3.17. The largest absolute Gasteiger partial charge is 0.451 e. The zero-order valence-electron chi connectivity index (χ0n) is 16.1. The number of alkyl halides is 2. The Kier molecular flexibility index (Phi) is 6.79. The molecule has 3 aromatic rings. The van der Waals surface area contributed by atoms with Crippen LogP contribution in [0, 0.1) is 0 Å². The number of aromatic nitrogens is 1. The predicted molar refractivity (Wildman–Crippen MR) is 105 cm³/mol. The van der Waals surface area contributed by atoms with Gasteiger partial charge in [-0.2, -0.15) is 8.78 Å². The number of hydrogen-bond acceptors (Lipinski definition) is 4. The molecule has 0 saturated heterocycles. The monoisotopic (exact) mass is 414 g/mol. The number of esters is 1. The number of aryl methyl sites for hydroxylation is 1. The number of carbonyl (C=O) groups excluding carboxylic acids is 2. The van der Waals surface area contributed by atoms with Crippen LogP contribution in [0.3, 0.4) is 0 Å². The van der Waals surface area contributed by atoms with Gasteiger partial charge >= 0.3 is 12.6 Å². The SMILES string of the molecule is Cn1cccc1C(=O)OCC(=O)N[C@@H](c1ccccc1)c1ccc(OC(F)F)cc1. The summed E-state index contributed by atoms with van der Waals surface area (Å²) in [5, 5.41) is 2.81. The highest BCUT2D eigenvalue weighted by atomic mass is 19.3. The minimum absolute atomic E-state index is 0.0170. The van der Waals surface area contributed by atoms with Gasteiger partial charge in [-0.15, -0.1) is 0 Å². The molecule has 1 atom stereocenters. The van der Waals surface area contributed by atoms with E-state index in [-0.39, 0.29) is 5.75 Å². The number of nitrogens with one attached hydrogen (secondary N) is 1. The Morgan fingerprint density at radius 3 is 2.23 bits per heavy atom. The molecular formula is C22H20F2N2O4. The Labute approximate surface area is 172 Å². The minimum Gasteiger partial charge on any atom is -0.451 e. The molecule has 156 valence electrons. The van der Waals surface area contributed by atoms with Crippen LogP contribution in [-0.2, 0) is 16.6 Å². The van der Waals surface area contributed by atoms with Crippen LogP contribution in [-0.4, -0.2) is 29.7 Å². The number of amides is 1. The molecule has 0 bridgehead atoms. The van der Waals surface area contributed by atoms with Crippen molar-refractivity contribution in [1.29, 1.82) is 0 Å². The number of benzene rings is 2. The molecule has 1 aromatic heterocycles. The van der Waals surface area contributed by atoms with Crippen LogP contribution in [0.2, 0.25) is 0 Å². The van der Waals surface area contributed by atoms with E-state index in [0.717, 1.165) is 5.56 Å². The first kappa shape index (κ1) is 21.0. The standard InChI is InChI=1S/C22H20F2N2O4/c1-26-13-5-8-18(26)21(28)29-14-19(27)25-20(15-6-3-2-4-7-15)16-9-11-17(12-10-16)30-22(23)24/h2-13,20,22H,14H2,1H3,(H,25,27)/t20-/m0/s1. The highest BCUT2D eigenvalue weighted by Gasteiger charge is 2.19. The third-order valence-corrected chi connectivity index (χ3v) is 4.36. The van der Waals surface area contributed by atoms with E-state index in [1.54, 1.807) is 42.1 Å². The molecule has 0 aliphatic rings. The minimum atomic E-state index is -2.92. The van der Waals surface area contributed by atoms with Gasteiger partial charge in [0.1, 0.15) is 11.4 Å². The normalized spacial score (nSPS) is 11.7. The Balaban J connectivity index is 1.71. The third kappa shape index (κ3) is 5.44. The fourth-order valence-corrected chi connectivity index (χ4v) is 2.93. The number of nitrogens with zero attached hydrogens (tertiary/aromatic N) is 1. The molecule has 0 unspecified atom stereocenters. The molecule has 0 spiro atoms. The van der Waals surface area contributed by atoms with Crippen molar-refractivity contribution in [1.82, 2.24) is 9.88 Å². The van der Waals surface area contributed by atoms with Crippen molar-refractivity contribution < 1.29 is 27.8 Å². The first-order valence-corrected chi connectivity index (χ1v) is 9.11. The number of halogens is 2. The van der Waals surface area contributed by atoms with E-state index < -0.39 is 31.1 Å². The van der Waals surface area contributed by atoms with Crippen LogP contribution in [0.5, 0.6) is 5.75 Å². The molecule has 1 heterocycles. The van der Waals surface area contributed by atoms with Crippen LogP contribution in [0.15, 0.2) is 72.9 Å². The smallest absolute Gasteiger partial charge is 0.387 e. The van der Waals surface area contributed by atoms with E-state index in [9.17, 15) is 18.4 Å². The van der Waals surface area contributed by atoms with Gasteiger partial charge in [-0.05, 0) is 35.4 Å². The maximum absolute atomic E-state index is 12.5. The molecule has 0 saturated carbocycles. The molecule has 3 rings (SSSR count). The van der Waals surface area contributed by atoms with Crippen molar-refractivity contribution >= 4 is 11.9 Å². The number of hydrogen-bond donors (Lipinski definition) is 1. The van der Waals surface area contributed by atoms with Crippen molar-refractivity contribution in [2.75, 3.05) is 6.61 Å². The van der Waals surface area contributed by atoms with Gasteiger partial charge in [0.25, 0.3) is 5.91 Å². The van der Waals surface area contributed by atoms with Crippen molar-refractivity contribution in [2.24, 2.45) is 7.05 Å². The predicted octanol–water partition coefficient (Wildman–Crippen LogP) is 3.69. The second kappa shape index (κ2) is 9.69. The van der Waals surface area contributed by atoms with Crippen LogP contribution in [0.4, 0.5) is 8.78 Å². The first-order valence-electron chi connectivity index (χ1n) is 9.11. The Morgan fingerprint density at radius 1 is 0.967 bits per heavy atom. The molecule has 30 heavy (non-hydrogen) atoms. The summed E-state index contributed by atoms with van der Waals surface area (Å²) < 4.78 is 35.8. The van der Waals surface area contributed by atoms with E-state index in [4.69, 9.17) is 4.74 Å². The quantitative estimate of drug-likeness (QED) is 0.571. The Morgan fingerprint density at radius 2 is 1.63 bits per heavy atom. The summed E-state index contributed by atoms with van der Waals surface area (Å²) in [5.41, 5.74) is 1.77. The lowest BCUT2D eigenvalue weighted by Gasteiger charge is -2.20. The van der Waals surface area contributed by atoms with Gasteiger partial charge < -0.3 is 19.4 Å². The number of rotatable bonds is 8. The lowest BCUT2D eigenvalue weighted by molar-refractivity contribution is -0.124. The highest BCUT2D eigenvalue weighted by molar-refractivity contribution is 5.90. The van der Waals surface area contributed by atoms with Crippen molar-refractivity contribution in [3.05, 3.63) is 89.7 Å². The van der Waals surface area contributed by atoms with Gasteiger partial charge in [-0.3, -0.25) is 4.79 Å². The summed E-state index contributed by atoms with van der Waals surface area (Å²) in [7, 11) is 1.70. The summed E-state index contributed by atoms with van der Waals surface area (Å²) in [6, 6.07) is 17.8. The van der Waals surface area contributed by atoms with Crippen LogP contribution >= 0.6 is 0 Å². The zero-order valence-corrected chi connectivity index (χ0v) is 16.1. The van der Waals surface area contributed by atoms with E-state index in [1.165, 1.54) is 12.1 Å². The zero-order chi connectivity index (χ0) is 21.5. The Hall–Kier alpha value is -3.68. The summed E-state index contributed by atoms with van der Waals surface area (Å²) in [6.07, 6.45) is 1.70. The molecular weight excluding hydrogens is 394 g/mol. The highest BCUT2D eigenvalue weighted by Crippen LogP contribution is 2.25. The van der Waals surface area contributed by atoms with E-state index in [1.807, 2.05) is 30.3 Å². The molecule has 6 nitrogen and oxygen atoms in total. The second-order valence-corrected chi connectivity index (χ2v) is 6.44. The fraction of sp³-hybridized carbons (Fsp3) is 0.182. The van der Waals surface area contributed by atoms with Gasteiger partial charge in [-0.25, -0.2) is 4.79 Å². The summed E-state index contributed by atoms with van der Waals surface area (Å²) >= 11 is 0. The molecule has 1 amide bonds. The van der Waals surface area contributed by atoms with Crippen LogP contribution in [0.1, 0.15) is 27.7 Å². The first-order chi connectivity index (χ1) is 14.4. The third-order valence-electron chi connectivity index (χ3n) is 4.36. The van der Waals surface area contributed by atoms with Gasteiger partial charge in [0.05, 0.1) is 6.04 Å². The van der Waals surface area contributed by atoms with Gasteiger partial charge in [0, 0.05) is 13.2 Å². The molecule has 0 fully saturated rings. The second-order valence-electron chi connectivity index (χ2n) is 6.44. The molecule has 0 aliphatic heterocycles. The fourth-order valence-electron chi connectivity index (χ4n) is 2.93. The summed E-state index contributed by atoms with van der Waals surface area (Å²) in [4.78, 5) is 24.5. The number of ether oxygens (including phenoxy) is 2. The summed E-state index contributed by atoms with van der Waals surface area (Å²) in [5.74, 6) is -1.09. The van der Waals surface area contributed by atoms with Crippen molar-refractivity contribution in [2.45, 2.75) is 12.7 Å². The van der Waals surface area contributed by atoms with E-state index >= 15 is 0 Å². The van der Waals surface area contributed by atoms with Gasteiger partial charge in [0.2, 0.25) is 0 Å². The molecule has 2 aromatic carbocycles. The molecule has 0 aliphatic carbocycles. The lowest BCUT2D eigenvalue weighted by atomic mass is 9.98. The van der Waals surface area contributed by atoms with E-state index in [2.05, 4.69) is 10.1 Å². The topological polar surface area (TPSA) is 69.6 Å². The summed E-state index contributed by atoms with van der Waals surface area (Å²) in [6.45, 7) is -3.38. The van der Waals surface area contributed by atoms with Gasteiger partial charge in [-0.1, -0.05) is 42.5 Å². The maximum Gasteiger partial charge on any atom is 0.387 e. The van der Waals surface area contributed by atoms with Gasteiger partial charge in [0.15, 0.2) is 6.61 Å².